The fourth-order valence-electron chi connectivity index (χ4n) is 3.38. The van der Waals surface area contributed by atoms with Gasteiger partial charge in [-0.25, -0.2) is 0 Å². The molecular weight excluding hydrogens is 373 g/mol. The van der Waals surface area contributed by atoms with Gasteiger partial charge >= 0.3 is 0 Å². The minimum atomic E-state index is -0.0624. The minimum Gasteiger partial charge on any atom is -0.506 e. The molecule has 3 N–H and O–H groups in total. The number of hydrogen-bond donors (Lipinski definition) is 3. The zero-order chi connectivity index (χ0) is 18.3. The van der Waals surface area contributed by atoms with Crippen LogP contribution in [0.5, 0.6) is 5.75 Å². The first kappa shape index (κ1) is 17.2. The highest BCUT2D eigenvalue weighted by Gasteiger charge is 2.22. The van der Waals surface area contributed by atoms with Crippen molar-refractivity contribution in [3.05, 3.63) is 57.7 Å². The Bertz CT molecular complexity index is 983. The lowest BCUT2D eigenvalue weighted by atomic mass is 10.0. The first-order valence-corrected chi connectivity index (χ1v) is 9.05. The summed E-state index contributed by atoms with van der Waals surface area (Å²) >= 11 is 11.9. The third-order valence-electron chi connectivity index (χ3n) is 4.62. The predicted octanol–water partition coefficient (Wildman–Crippen LogP) is 4.18. The van der Waals surface area contributed by atoms with Gasteiger partial charge in [0.2, 0.25) is 5.91 Å². The lowest BCUT2D eigenvalue weighted by Crippen LogP contribution is -2.37. The Balaban J connectivity index is 1.46. The van der Waals surface area contributed by atoms with Gasteiger partial charge < -0.3 is 15.4 Å². The minimum absolute atomic E-state index is 0.0624. The van der Waals surface area contributed by atoms with Gasteiger partial charge in [0.25, 0.3) is 0 Å². The van der Waals surface area contributed by atoms with Gasteiger partial charge in [0, 0.05) is 46.5 Å². The molecule has 0 fully saturated rings. The fourth-order valence-corrected chi connectivity index (χ4v) is 3.67. The molecule has 0 unspecified atom stereocenters. The number of phenolic OH excluding ortho intramolecular Hbond substituents is 1. The van der Waals surface area contributed by atoms with Gasteiger partial charge in [0.1, 0.15) is 5.75 Å². The predicted molar refractivity (Wildman–Crippen MR) is 104 cm³/mol. The average molecular weight is 390 g/mol. The summed E-state index contributed by atoms with van der Waals surface area (Å²) in [5.41, 5.74) is 3.86. The number of carbonyl (C=O) groups excluding carboxylic acids is 1. The van der Waals surface area contributed by atoms with Crippen LogP contribution in [-0.2, 0) is 17.8 Å². The number of benzene rings is 2. The van der Waals surface area contributed by atoms with Crippen molar-refractivity contribution < 1.29 is 9.90 Å². The summed E-state index contributed by atoms with van der Waals surface area (Å²) in [5.74, 6) is 0.00420. The molecule has 2 aromatic carbocycles. The number of anilines is 1. The van der Waals surface area contributed by atoms with Crippen LogP contribution in [0.25, 0.3) is 10.9 Å². The van der Waals surface area contributed by atoms with E-state index in [0.717, 1.165) is 35.2 Å². The number of H-pyrrole nitrogens is 1. The summed E-state index contributed by atoms with van der Waals surface area (Å²) in [5, 5.41) is 14.7. The first-order valence-electron chi connectivity index (χ1n) is 8.29. The second kappa shape index (κ2) is 6.83. The second-order valence-corrected chi connectivity index (χ2v) is 7.29. The molecule has 1 amide bonds. The molecule has 4 rings (SSSR count). The molecule has 26 heavy (non-hydrogen) atoms. The summed E-state index contributed by atoms with van der Waals surface area (Å²) in [6, 6.07) is 10.5. The SMILES string of the molecule is O=C(CN1CCc2c([nH]c3cc(O)c(Cl)cc23)C1)Nc1ccc(Cl)cc1. The summed E-state index contributed by atoms with van der Waals surface area (Å²) < 4.78 is 0. The van der Waals surface area contributed by atoms with Crippen LogP contribution < -0.4 is 5.32 Å². The molecule has 0 radical (unpaired) electrons. The number of aromatic hydroxyl groups is 1. The van der Waals surface area contributed by atoms with E-state index in [2.05, 4.69) is 15.2 Å². The van der Waals surface area contributed by atoms with E-state index < -0.39 is 0 Å². The van der Waals surface area contributed by atoms with E-state index in [1.165, 1.54) is 5.56 Å². The van der Waals surface area contributed by atoms with Crippen LogP contribution in [0, 0.1) is 0 Å². The van der Waals surface area contributed by atoms with Crippen LogP contribution in [0.4, 0.5) is 5.69 Å². The van der Waals surface area contributed by atoms with Gasteiger partial charge in [0.05, 0.1) is 11.6 Å². The quantitative estimate of drug-likeness (QED) is 0.629. The second-order valence-electron chi connectivity index (χ2n) is 6.45. The summed E-state index contributed by atoms with van der Waals surface area (Å²) in [6.45, 7) is 1.74. The van der Waals surface area contributed by atoms with Gasteiger partial charge in [-0.15, -0.1) is 0 Å². The van der Waals surface area contributed by atoms with Crippen LogP contribution >= 0.6 is 23.2 Å². The molecule has 3 aromatic rings. The number of halogens is 2. The lowest BCUT2D eigenvalue weighted by molar-refractivity contribution is -0.117. The van der Waals surface area contributed by atoms with E-state index in [0.29, 0.717) is 23.1 Å². The molecule has 1 aliphatic rings. The molecule has 0 spiro atoms. The van der Waals surface area contributed by atoms with Crippen molar-refractivity contribution in [1.29, 1.82) is 0 Å². The number of rotatable bonds is 3. The zero-order valence-corrected chi connectivity index (χ0v) is 15.4. The molecule has 0 aliphatic carbocycles. The van der Waals surface area contributed by atoms with Gasteiger partial charge in [-0.3, -0.25) is 9.69 Å². The number of nitrogens with one attached hydrogen (secondary N) is 2. The Kier molecular flexibility index (Phi) is 4.53. The number of hydrogen-bond acceptors (Lipinski definition) is 3. The van der Waals surface area contributed by atoms with Crippen molar-refractivity contribution in [1.82, 2.24) is 9.88 Å². The summed E-state index contributed by atoms with van der Waals surface area (Å²) in [6.07, 6.45) is 0.824. The number of aromatic amines is 1. The highest BCUT2D eigenvalue weighted by molar-refractivity contribution is 6.32. The normalized spacial score (nSPS) is 14.4. The molecule has 7 heteroatoms. The van der Waals surface area contributed by atoms with Gasteiger partial charge in [0.15, 0.2) is 0 Å². The Labute approximate surface area is 160 Å². The number of nitrogens with zero attached hydrogens (tertiary/aromatic N) is 1. The van der Waals surface area contributed by atoms with Crippen LogP contribution in [0.2, 0.25) is 10.0 Å². The maximum Gasteiger partial charge on any atom is 0.238 e. The fraction of sp³-hybridized carbons (Fsp3) is 0.211. The van der Waals surface area contributed by atoms with Crippen molar-refractivity contribution in [2.24, 2.45) is 0 Å². The van der Waals surface area contributed by atoms with E-state index >= 15 is 0 Å². The molecule has 2 heterocycles. The van der Waals surface area contributed by atoms with E-state index in [-0.39, 0.29) is 11.7 Å². The van der Waals surface area contributed by atoms with Gasteiger partial charge in [-0.05, 0) is 42.3 Å². The Morgan fingerprint density at radius 3 is 2.77 bits per heavy atom. The number of carbonyl (C=O) groups is 1. The van der Waals surface area contributed by atoms with Crippen LogP contribution in [0.1, 0.15) is 11.3 Å². The molecule has 0 saturated heterocycles. The maximum atomic E-state index is 12.3. The highest BCUT2D eigenvalue weighted by Crippen LogP contribution is 2.34. The molecule has 5 nitrogen and oxygen atoms in total. The molecule has 0 saturated carbocycles. The highest BCUT2D eigenvalue weighted by atomic mass is 35.5. The van der Waals surface area contributed by atoms with Crippen LogP contribution in [-0.4, -0.2) is 34.0 Å². The van der Waals surface area contributed by atoms with E-state index in [1.54, 1.807) is 36.4 Å². The Hall–Kier alpha value is -2.21. The van der Waals surface area contributed by atoms with Crippen LogP contribution in [0.3, 0.4) is 0 Å². The van der Waals surface area contributed by atoms with Crippen molar-refractivity contribution in [2.75, 3.05) is 18.4 Å². The van der Waals surface area contributed by atoms with Crippen molar-refractivity contribution in [3.63, 3.8) is 0 Å². The van der Waals surface area contributed by atoms with E-state index in [4.69, 9.17) is 23.2 Å². The topological polar surface area (TPSA) is 68.4 Å². The number of aromatic nitrogens is 1. The third-order valence-corrected chi connectivity index (χ3v) is 5.17. The maximum absolute atomic E-state index is 12.3. The molecule has 1 aromatic heterocycles. The lowest BCUT2D eigenvalue weighted by Gasteiger charge is -2.26. The largest absolute Gasteiger partial charge is 0.506 e. The van der Waals surface area contributed by atoms with Crippen molar-refractivity contribution in [3.8, 4) is 5.75 Å². The molecule has 134 valence electrons. The van der Waals surface area contributed by atoms with Crippen molar-refractivity contribution in [2.45, 2.75) is 13.0 Å². The standard InChI is InChI=1S/C19H17Cl2N3O2/c20-11-1-3-12(4-2-11)22-19(26)10-24-6-5-13-14-7-15(21)18(25)8-16(14)23-17(13)9-24/h1-4,7-8,23,25H,5-6,9-10H2,(H,22,26). The van der Waals surface area contributed by atoms with E-state index in [1.807, 2.05) is 0 Å². The zero-order valence-electron chi connectivity index (χ0n) is 13.9. The number of amides is 1. The summed E-state index contributed by atoms with van der Waals surface area (Å²) in [7, 11) is 0. The monoisotopic (exact) mass is 389 g/mol. The molecular formula is C19H17Cl2N3O2. The average Bonchev–Trinajstić information content (AvgIpc) is 2.94. The van der Waals surface area contributed by atoms with Crippen LogP contribution in [0.15, 0.2) is 36.4 Å². The number of fused-ring (bicyclic) bond motifs is 3. The van der Waals surface area contributed by atoms with Crippen molar-refractivity contribution >= 4 is 45.7 Å². The first-order chi connectivity index (χ1) is 12.5. The third kappa shape index (κ3) is 3.38. The van der Waals surface area contributed by atoms with E-state index in [9.17, 15) is 9.90 Å². The molecule has 1 aliphatic heterocycles. The number of phenols is 1. The Morgan fingerprint density at radius 1 is 1.23 bits per heavy atom. The van der Waals surface area contributed by atoms with Gasteiger partial charge in [-0.1, -0.05) is 23.2 Å². The summed E-state index contributed by atoms with van der Waals surface area (Å²) in [4.78, 5) is 17.7. The molecule has 0 bridgehead atoms. The Morgan fingerprint density at radius 2 is 2.00 bits per heavy atom. The smallest absolute Gasteiger partial charge is 0.238 e. The molecule has 0 atom stereocenters. The van der Waals surface area contributed by atoms with Gasteiger partial charge in [-0.2, -0.15) is 0 Å².